The van der Waals surface area contributed by atoms with E-state index in [4.69, 9.17) is 0 Å². The van der Waals surface area contributed by atoms with Crippen LogP contribution in [-0.2, 0) is 25.7 Å². The molecule has 0 spiro atoms. The Balaban J connectivity index is 0. The van der Waals surface area contributed by atoms with Gasteiger partial charge in [-0.3, -0.25) is 10.1 Å². The lowest BCUT2D eigenvalue weighted by Crippen LogP contribution is -2.09. The van der Waals surface area contributed by atoms with Gasteiger partial charge in [0.05, 0.1) is 5.01 Å². The molecule has 3 heterocycles. The van der Waals surface area contributed by atoms with E-state index in [1.54, 1.807) is 17.5 Å². The van der Waals surface area contributed by atoms with Crippen molar-refractivity contribution in [3.63, 3.8) is 0 Å². The van der Waals surface area contributed by atoms with E-state index in [-0.39, 0.29) is 0 Å². The quantitative estimate of drug-likeness (QED) is 0.219. The molecule has 56 heavy (non-hydrogen) atoms. The molecule has 4 nitrogen and oxygen atoms in total. The molecule has 0 aliphatic rings. The van der Waals surface area contributed by atoms with Crippen LogP contribution in [0.2, 0.25) is 0 Å². The monoisotopic (exact) mass is 791 g/mol. The van der Waals surface area contributed by atoms with Gasteiger partial charge in [-0.05, 0) is 87.4 Å². The van der Waals surface area contributed by atoms with Crippen molar-refractivity contribution in [2.45, 2.75) is 184 Å². The molecule has 0 atom stereocenters. The van der Waals surface area contributed by atoms with E-state index in [2.05, 4.69) is 202 Å². The Morgan fingerprint density at radius 2 is 1.02 bits per heavy atom. The third-order valence-corrected chi connectivity index (χ3v) is 8.34. The van der Waals surface area contributed by atoms with Crippen LogP contribution in [0, 0.1) is 38.4 Å². The number of hydrogen-bond acceptors (Lipinski definition) is 4. The van der Waals surface area contributed by atoms with Crippen LogP contribution in [0.4, 0.5) is 0 Å². The molecule has 0 fully saturated rings. The lowest BCUT2D eigenvalue weighted by Gasteiger charge is -2.19. The van der Waals surface area contributed by atoms with Gasteiger partial charge in [-0.25, -0.2) is 4.98 Å². The molecule has 0 amide bonds. The molecule has 3 aromatic heterocycles. The minimum absolute atomic E-state index is 0.354. The molecule has 1 N–H and O–H groups in total. The topological polar surface area (TPSA) is 54.5 Å². The molecule has 4 aromatic rings. The first kappa shape index (κ1) is 55.3. The minimum Gasteiger partial charge on any atom is -0.283 e. The van der Waals surface area contributed by atoms with Crippen molar-refractivity contribution in [1.82, 2.24) is 20.2 Å². The predicted octanol–water partition coefficient (Wildman–Crippen LogP) is 16.2. The highest BCUT2D eigenvalue weighted by molar-refractivity contribution is 7.09. The molecule has 4 rings (SSSR count). The van der Waals surface area contributed by atoms with Gasteiger partial charge in [-0.1, -0.05) is 188 Å². The van der Waals surface area contributed by atoms with Crippen molar-refractivity contribution in [2.24, 2.45) is 38.4 Å². The van der Waals surface area contributed by atoms with Crippen LogP contribution in [0.25, 0.3) is 0 Å². The summed E-state index contributed by atoms with van der Waals surface area (Å²) in [6.07, 6.45) is 14.4. The summed E-state index contributed by atoms with van der Waals surface area (Å²) >= 11 is 1.74. The van der Waals surface area contributed by atoms with Crippen LogP contribution in [0.15, 0.2) is 78.7 Å². The average Bonchev–Trinajstić information content (AvgIpc) is 3.69. The number of pyridine rings is 1. The zero-order valence-corrected chi connectivity index (χ0v) is 41.4. The third kappa shape index (κ3) is 42.4. The highest BCUT2D eigenvalue weighted by atomic mass is 32.1. The number of aromatic nitrogens is 4. The molecule has 0 aliphatic heterocycles. The van der Waals surface area contributed by atoms with Gasteiger partial charge in [0.1, 0.15) is 0 Å². The molecule has 0 aliphatic carbocycles. The van der Waals surface area contributed by atoms with Crippen molar-refractivity contribution < 1.29 is 0 Å². The number of benzene rings is 1. The molecular formula is C51H90N4S. The van der Waals surface area contributed by atoms with Gasteiger partial charge < -0.3 is 0 Å². The molecule has 0 saturated carbocycles. The maximum absolute atomic E-state index is 4.22. The number of nitrogens with one attached hydrogen (secondary N) is 1. The van der Waals surface area contributed by atoms with Crippen molar-refractivity contribution in [2.75, 3.05) is 0 Å². The molecule has 320 valence electrons. The second-order valence-corrected chi connectivity index (χ2v) is 23.9. The number of H-pyrrole nitrogens is 1. The van der Waals surface area contributed by atoms with Gasteiger partial charge in [0.2, 0.25) is 0 Å². The fraction of sp³-hybridized carbons (Fsp3) is 0.667. The first-order valence-electron chi connectivity index (χ1n) is 21.1. The fourth-order valence-electron chi connectivity index (χ4n) is 5.30. The lowest BCUT2D eigenvalue weighted by molar-refractivity contribution is 0.320. The minimum atomic E-state index is 0.354. The predicted molar refractivity (Wildman–Crippen MR) is 253 cm³/mol. The number of aromatic amines is 1. The van der Waals surface area contributed by atoms with Crippen LogP contribution in [0.5, 0.6) is 0 Å². The molecule has 1 aromatic carbocycles. The van der Waals surface area contributed by atoms with Gasteiger partial charge in [0.15, 0.2) is 0 Å². The molecule has 0 bridgehead atoms. The van der Waals surface area contributed by atoms with Crippen molar-refractivity contribution in [3.05, 3.63) is 101 Å². The second kappa shape index (κ2) is 26.3. The van der Waals surface area contributed by atoms with Crippen LogP contribution in [-0.4, -0.2) is 20.2 Å². The number of thiazole rings is 1. The summed E-state index contributed by atoms with van der Waals surface area (Å²) in [6.45, 7) is 47.2. The first-order valence-corrected chi connectivity index (χ1v) is 22.0. The Morgan fingerprint density at radius 3 is 1.34 bits per heavy atom. The molecule has 5 heteroatoms. The Hall–Kier alpha value is -2.79. The highest BCUT2D eigenvalue weighted by Crippen LogP contribution is 2.24. The summed E-state index contributed by atoms with van der Waals surface area (Å²) in [5.41, 5.74) is 6.52. The third-order valence-electron chi connectivity index (χ3n) is 7.56. The summed E-state index contributed by atoms with van der Waals surface area (Å²) in [6, 6.07) is 16.8. The highest BCUT2D eigenvalue weighted by Gasteiger charge is 2.14. The number of hydrogen-bond donors (Lipinski definition) is 1. The summed E-state index contributed by atoms with van der Waals surface area (Å²) in [7, 11) is 0. The fourth-order valence-corrected chi connectivity index (χ4v) is 6.21. The Morgan fingerprint density at radius 1 is 0.536 bits per heavy atom. The van der Waals surface area contributed by atoms with Crippen LogP contribution in [0.1, 0.15) is 180 Å². The Labute approximate surface area is 353 Å². The number of rotatable bonds is 5. The zero-order valence-electron chi connectivity index (χ0n) is 40.6. The SMILES string of the molecule is CC(C)(C)Cc1ccccc1.CC(C)(C)Cc1cccnc1.CC(C)(C)Cc1ccn[nH]1.CC(C)(C)Cc1nccs1.CC(C)CC(C)(C)C.CCC(C)(C)C. The second-order valence-electron chi connectivity index (χ2n) is 22.9. The van der Waals surface area contributed by atoms with E-state index in [1.807, 2.05) is 36.1 Å². The smallest absolute Gasteiger partial charge is 0.0930 e. The zero-order chi connectivity index (χ0) is 43.9. The lowest BCUT2D eigenvalue weighted by atomic mass is 9.86. The maximum Gasteiger partial charge on any atom is 0.0930 e. The first-order chi connectivity index (χ1) is 25.3. The van der Waals surface area contributed by atoms with E-state index in [0.717, 1.165) is 31.6 Å². The van der Waals surface area contributed by atoms with Crippen molar-refractivity contribution >= 4 is 11.3 Å². The van der Waals surface area contributed by atoms with E-state index in [9.17, 15) is 0 Å². The number of nitrogens with zero attached hydrogens (tertiary/aromatic N) is 3. The molecular weight excluding hydrogens is 701 g/mol. The molecule has 0 radical (unpaired) electrons. The summed E-state index contributed by atoms with van der Waals surface area (Å²) < 4.78 is 0. The van der Waals surface area contributed by atoms with Crippen molar-refractivity contribution in [3.8, 4) is 0 Å². The van der Waals surface area contributed by atoms with Gasteiger partial charge >= 0.3 is 0 Å². The van der Waals surface area contributed by atoms with Gasteiger partial charge in [-0.15, -0.1) is 11.3 Å². The molecule has 0 saturated heterocycles. The average molecular weight is 791 g/mol. The van der Waals surface area contributed by atoms with E-state index < -0.39 is 0 Å². The molecule has 0 unspecified atom stereocenters. The van der Waals surface area contributed by atoms with E-state index >= 15 is 0 Å². The largest absolute Gasteiger partial charge is 0.283 e. The van der Waals surface area contributed by atoms with Crippen LogP contribution in [0.3, 0.4) is 0 Å². The maximum atomic E-state index is 4.22. The van der Waals surface area contributed by atoms with Gasteiger partial charge in [0.25, 0.3) is 0 Å². The van der Waals surface area contributed by atoms with Gasteiger partial charge in [-0.2, -0.15) is 5.10 Å². The van der Waals surface area contributed by atoms with E-state index in [0.29, 0.717) is 32.5 Å². The van der Waals surface area contributed by atoms with Crippen LogP contribution < -0.4 is 0 Å². The summed E-state index contributed by atoms with van der Waals surface area (Å²) in [5, 5.41) is 10.1. The standard InChI is InChI=1S/C11H16.C10H15N.C8H14N2.C8H13NS.C8H18.C6H14/c1-11(2,3)9-10-7-5-4-6-8-10;1-10(2,3)7-9-5-4-6-11-8-9;1-8(2,3)6-7-4-5-9-10-7;1-8(2,3)6-7-9-4-5-10-7;1-7(2)6-8(3,4)5;1-5-6(2,3)4/h4-8H,9H2,1-3H3;4-6,8H,7H2,1-3H3;4-5H,6H2,1-3H3,(H,9,10);4-5H,6H2,1-3H3;7H,6H2,1-5H3;5H2,1-4H3. The van der Waals surface area contributed by atoms with Crippen molar-refractivity contribution in [1.29, 1.82) is 0 Å². The Bertz CT molecular complexity index is 1330. The summed E-state index contributed by atoms with van der Waals surface area (Å²) in [4.78, 5) is 8.29. The van der Waals surface area contributed by atoms with Gasteiger partial charge in [0, 0.05) is 42.3 Å². The Kier molecular flexibility index (Phi) is 25.9. The van der Waals surface area contributed by atoms with E-state index in [1.165, 1.54) is 34.7 Å². The normalized spacial score (nSPS) is 11.9. The summed E-state index contributed by atoms with van der Waals surface area (Å²) in [5.74, 6) is 0.843. The van der Waals surface area contributed by atoms with Crippen LogP contribution >= 0.6 is 11.3 Å².